The maximum absolute atomic E-state index is 4.55. The quantitative estimate of drug-likeness (QED) is 0.737. The zero-order chi connectivity index (χ0) is 10.7. The van der Waals surface area contributed by atoms with Crippen molar-refractivity contribution >= 4 is 22.8 Å². The number of rotatable bonds is 4. The highest BCUT2D eigenvalue weighted by Crippen LogP contribution is 2.16. The minimum atomic E-state index is 1.08. The minimum Gasteiger partial charge on any atom is -0.328 e. The third-order valence-electron chi connectivity index (χ3n) is 2.58. The van der Waals surface area contributed by atoms with Crippen LogP contribution in [0.3, 0.4) is 0 Å². The Morgan fingerprint density at radius 1 is 1.33 bits per heavy atom. The number of aryl methyl sites for hydroxylation is 2. The fourth-order valence-corrected chi connectivity index (χ4v) is 2.26. The molecule has 0 bridgehead atoms. The van der Waals surface area contributed by atoms with E-state index in [1.54, 1.807) is 0 Å². The van der Waals surface area contributed by atoms with Crippen molar-refractivity contribution in [1.29, 1.82) is 0 Å². The largest absolute Gasteiger partial charge is 0.328 e. The monoisotopic (exact) mass is 220 g/mol. The average Bonchev–Trinajstić information content (AvgIpc) is 2.56. The lowest BCUT2D eigenvalue weighted by molar-refractivity contribution is 0.681. The van der Waals surface area contributed by atoms with Gasteiger partial charge in [-0.1, -0.05) is 12.1 Å². The third kappa shape index (κ3) is 2.17. The summed E-state index contributed by atoms with van der Waals surface area (Å²) in [7, 11) is 0. The van der Waals surface area contributed by atoms with Gasteiger partial charge in [0, 0.05) is 6.54 Å². The molecule has 0 saturated heterocycles. The molecule has 0 radical (unpaired) electrons. The van der Waals surface area contributed by atoms with E-state index in [1.807, 2.05) is 17.8 Å². The molecule has 0 unspecified atom stereocenters. The van der Waals surface area contributed by atoms with E-state index < -0.39 is 0 Å². The number of imidazole rings is 1. The minimum absolute atomic E-state index is 1.08. The molecule has 0 fully saturated rings. The smallest absolute Gasteiger partial charge is 0.106 e. The topological polar surface area (TPSA) is 17.8 Å². The number of hydrogen-bond donors (Lipinski definition) is 0. The van der Waals surface area contributed by atoms with Gasteiger partial charge in [-0.3, -0.25) is 0 Å². The molecule has 0 amide bonds. The van der Waals surface area contributed by atoms with Crippen molar-refractivity contribution in [3.63, 3.8) is 0 Å². The van der Waals surface area contributed by atoms with Gasteiger partial charge in [0.15, 0.2) is 0 Å². The predicted molar refractivity (Wildman–Crippen MR) is 67.5 cm³/mol. The van der Waals surface area contributed by atoms with Gasteiger partial charge in [-0.15, -0.1) is 0 Å². The summed E-state index contributed by atoms with van der Waals surface area (Å²) in [6, 6.07) is 8.34. The second-order valence-electron chi connectivity index (χ2n) is 3.65. The number of thioether (sulfide) groups is 1. The summed E-state index contributed by atoms with van der Waals surface area (Å²) in [5.41, 5.74) is 2.37. The predicted octanol–water partition coefficient (Wildman–Crippen LogP) is 3.10. The Morgan fingerprint density at radius 2 is 2.13 bits per heavy atom. The molecule has 0 spiro atoms. The fraction of sp³-hybridized carbons (Fsp3) is 0.417. The summed E-state index contributed by atoms with van der Waals surface area (Å²) in [5, 5.41) is 0. The maximum Gasteiger partial charge on any atom is 0.106 e. The number of benzene rings is 1. The van der Waals surface area contributed by atoms with Gasteiger partial charge in [0.2, 0.25) is 0 Å². The molecule has 80 valence electrons. The lowest BCUT2D eigenvalue weighted by Crippen LogP contribution is -2.01. The fourth-order valence-electron chi connectivity index (χ4n) is 1.85. The second-order valence-corrected chi connectivity index (χ2v) is 4.63. The van der Waals surface area contributed by atoms with Gasteiger partial charge >= 0.3 is 0 Å². The summed E-state index contributed by atoms with van der Waals surface area (Å²) in [6.45, 7) is 3.16. The molecular weight excluding hydrogens is 204 g/mol. The Hall–Kier alpha value is -0.960. The molecule has 0 aliphatic heterocycles. The van der Waals surface area contributed by atoms with Gasteiger partial charge in [0.25, 0.3) is 0 Å². The van der Waals surface area contributed by atoms with Crippen molar-refractivity contribution in [1.82, 2.24) is 9.55 Å². The Bertz CT molecular complexity index is 448. The van der Waals surface area contributed by atoms with Crippen molar-refractivity contribution in [2.24, 2.45) is 0 Å². The van der Waals surface area contributed by atoms with Crippen molar-refractivity contribution in [2.45, 2.75) is 19.9 Å². The Morgan fingerprint density at radius 3 is 2.93 bits per heavy atom. The number of hydrogen-bond acceptors (Lipinski definition) is 2. The Labute approximate surface area is 94.7 Å². The number of aromatic nitrogens is 2. The van der Waals surface area contributed by atoms with Gasteiger partial charge in [0.1, 0.15) is 5.82 Å². The van der Waals surface area contributed by atoms with E-state index in [-0.39, 0.29) is 0 Å². The van der Waals surface area contributed by atoms with E-state index in [2.05, 4.69) is 40.9 Å². The van der Waals surface area contributed by atoms with Crippen LogP contribution in [0.1, 0.15) is 12.2 Å². The summed E-state index contributed by atoms with van der Waals surface area (Å²) in [6.07, 6.45) is 3.36. The molecule has 2 rings (SSSR count). The van der Waals surface area contributed by atoms with Crippen LogP contribution in [0.15, 0.2) is 24.3 Å². The Balaban J connectivity index is 2.28. The van der Waals surface area contributed by atoms with Gasteiger partial charge in [-0.05, 0) is 37.5 Å². The van der Waals surface area contributed by atoms with Gasteiger partial charge in [-0.25, -0.2) is 4.98 Å². The van der Waals surface area contributed by atoms with Crippen LogP contribution in [0.4, 0.5) is 0 Å². The summed E-state index contributed by atoms with van der Waals surface area (Å²) < 4.78 is 2.31. The van der Waals surface area contributed by atoms with Crippen LogP contribution in [-0.4, -0.2) is 21.6 Å². The van der Waals surface area contributed by atoms with Crippen LogP contribution in [-0.2, 0) is 6.54 Å². The van der Waals surface area contributed by atoms with Crippen LogP contribution in [0.2, 0.25) is 0 Å². The molecule has 0 atom stereocenters. The molecular formula is C12H16N2S. The number of para-hydroxylation sites is 2. The Kier molecular flexibility index (Phi) is 3.31. The highest BCUT2D eigenvalue weighted by molar-refractivity contribution is 7.98. The first-order chi connectivity index (χ1) is 7.33. The molecule has 15 heavy (non-hydrogen) atoms. The third-order valence-corrected chi connectivity index (χ3v) is 3.27. The van der Waals surface area contributed by atoms with Crippen molar-refractivity contribution in [3.8, 4) is 0 Å². The van der Waals surface area contributed by atoms with Gasteiger partial charge < -0.3 is 4.57 Å². The lowest BCUT2D eigenvalue weighted by Gasteiger charge is -2.05. The first-order valence-electron chi connectivity index (χ1n) is 5.23. The molecule has 3 heteroatoms. The highest BCUT2D eigenvalue weighted by atomic mass is 32.2. The van der Waals surface area contributed by atoms with E-state index in [9.17, 15) is 0 Å². The van der Waals surface area contributed by atoms with Crippen LogP contribution in [0.25, 0.3) is 11.0 Å². The van der Waals surface area contributed by atoms with Gasteiger partial charge in [-0.2, -0.15) is 11.8 Å². The van der Waals surface area contributed by atoms with Crippen molar-refractivity contribution in [3.05, 3.63) is 30.1 Å². The van der Waals surface area contributed by atoms with E-state index in [0.717, 1.165) is 17.9 Å². The maximum atomic E-state index is 4.55. The zero-order valence-electron chi connectivity index (χ0n) is 9.23. The molecule has 0 aliphatic carbocycles. The summed E-state index contributed by atoms with van der Waals surface area (Å²) in [5.74, 6) is 2.34. The van der Waals surface area contributed by atoms with Crippen LogP contribution in [0, 0.1) is 6.92 Å². The molecule has 1 aromatic heterocycles. The molecule has 1 aromatic carbocycles. The second kappa shape index (κ2) is 4.71. The standard InChI is InChI=1S/C12H16N2S/c1-10-13-11-6-3-4-7-12(11)14(10)8-5-9-15-2/h3-4,6-7H,5,8-9H2,1-2H3. The highest BCUT2D eigenvalue weighted by Gasteiger charge is 2.05. The molecule has 1 heterocycles. The molecule has 0 aliphatic rings. The molecule has 0 N–H and O–H groups in total. The SMILES string of the molecule is CSCCCn1c(C)nc2ccccc21. The van der Waals surface area contributed by atoms with Crippen LogP contribution < -0.4 is 0 Å². The molecule has 2 aromatic rings. The normalized spacial score (nSPS) is 11.1. The summed E-state index contributed by atoms with van der Waals surface area (Å²) in [4.78, 5) is 4.55. The number of nitrogens with zero attached hydrogens (tertiary/aromatic N) is 2. The first-order valence-corrected chi connectivity index (χ1v) is 6.63. The van der Waals surface area contributed by atoms with E-state index in [4.69, 9.17) is 0 Å². The lowest BCUT2D eigenvalue weighted by atomic mass is 10.3. The first kappa shape index (κ1) is 10.6. The van der Waals surface area contributed by atoms with E-state index in [0.29, 0.717) is 0 Å². The number of fused-ring (bicyclic) bond motifs is 1. The summed E-state index contributed by atoms with van der Waals surface area (Å²) >= 11 is 1.90. The van der Waals surface area contributed by atoms with Crippen molar-refractivity contribution in [2.75, 3.05) is 12.0 Å². The molecule has 0 saturated carbocycles. The van der Waals surface area contributed by atoms with E-state index in [1.165, 1.54) is 17.7 Å². The zero-order valence-corrected chi connectivity index (χ0v) is 10.0. The van der Waals surface area contributed by atoms with Crippen molar-refractivity contribution < 1.29 is 0 Å². The molecule has 2 nitrogen and oxygen atoms in total. The average molecular weight is 220 g/mol. The van der Waals surface area contributed by atoms with Crippen LogP contribution in [0.5, 0.6) is 0 Å². The van der Waals surface area contributed by atoms with Crippen LogP contribution >= 0.6 is 11.8 Å². The van der Waals surface area contributed by atoms with E-state index >= 15 is 0 Å². The van der Waals surface area contributed by atoms with Gasteiger partial charge in [0.05, 0.1) is 11.0 Å².